The van der Waals surface area contributed by atoms with E-state index in [0.717, 1.165) is 36.7 Å². The lowest BCUT2D eigenvalue weighted by molar-refractivity contribution is -0.122. The highest BCUT2D eigenvalue weighted by molar-refractivity contribution is 9.10. The maximum atomic E-state index is 11.0. The van der Waals surface area contributed by atoms with Crippen LogP contribution in [0, 0.1) is 5.92 Å². The van der Waals surface area contributed by atoms with Crippen molar-refractivity contribution in [2.75, 3.05) is 0 Å². The number of nitrogens with two attached hydrogens (primary N) is 1. The van der Waals surface area contributed by atoms with Gasteiger partial charge in [0.2, 0.25) is 5.91 Å². The molecule has 17 heavy (non-hydrogen) atoms. The van der Waals surface area contributed by atoms with Crippen LogP contribution in [0.1, 0.15) is 30.6 Å². The highest BCUT2D eigenvalue weighted by Gasteiger charge is 2.24. The molecule has 1 aromatic heterocycles. The SMILES string of the molecule is NC(=O)C1CCC(NCc2cc(Br)cs2)CC1. The summed E-state index contributed by atoms with van der Waals surface area (Å²) >= 11 is 5.21. The fourth-order valence-corrected chi connectivity index (χ4v) is 3.68. The van der Waals surface area contributed by atoms with Crippen LogP contribution in [0.5, 0.6) is 0 Å². The average Bonchev–Trinajstić information content (AvgIpc) is 2.73. The van der Waals surface area contributed by atoms with Crippen molar-refractivity contribution in [2.45, 2.75) is 38.3 Å². The van der Waals surface area contributed by atoms with Crippen molar-refractivity contribution >= 4 is 33.2 Å². The predicted octanol–water partition coefficient (Wildman–Crippen LogP) is 2.64. The van der Waals surface area contributed by atoms with Crippen molar-refractivity contribution < 1.29 is 4.79 Å². The monoisotopic (exact) mass is 316 g/mol. The quantitative estimate of drug-likeness (QED) is 0.897. The average molecular weight is 317 g/mol. The molecule has 0 bridgehead atoms. The van der Waals surface area contributed by atoms with Crippen LogP contribution in [0.4, 0.5) is 0 Å². The molecule has 0 aromatic carbocycles. The number of nitrogens with one attached hydrogen (secondary N) is 1. The van der Waals surface area contributed by atoms with Gasteiger partial charge >= 0.3 is 0 Å². The second kappa shape index (κ2) is 5.98. The van der Waals surface area contributed by atoms with Gasteiger partial charge in [0.05, 0.1) is 0 Å². The van der Waals surface area contributed by atoms with E-state index in [4.69, 9.17) is 5.73 Å². The molecule has 1 aromatic rings. The van der Waals surface area contributed by atoms with Crippen LogP contribution in [-0.2, 0) is 11.3 Å². The fraction of sp³-hybridized carbons (Fsp3) is 0.583. The molecule has 3 nitrogen and oxygen atoms in total. The molecule has 2 rings (SSSR count). The van der Waals surface area contributed by atoms with Crippen molar-refractivity contribution in [1.82, 2.24) is 5.32 Å². The Morgan fingerprint density at radius 2 is 2.18 bits per heavy atom. The molecule has 1 aliphatic carbocycles. The molecule has 0 aliphatic heterocycles. The van der Waals surface area contributed by atoms with Crippen molar-refractivity contribution in [1.29, 1.82) is 0 Å². The van der Waals surface area contributed by atoms with Gasteiger partial charge in [0, 0.05) is 33.2 Å². The van der Waals surface area contributed by atoms with E-state index in [0.29, 0.717) is 6.04 Å². The van der Waals surface area contributed by atoms with Crippen molar-refractivity contribution in [2.24, 2.45) is 11.7 Å². The van der Waals surface area contributed by atoms with Gasteiger partial charge in [-0.15, -0.1) is 11.3 Å². The summed E-state index contributed by atoms with van der Waals surface area (Å²) in [4.78, 5) is 12.4. The lowest BCUT2D eigenvalue weighted by Gasteiger charge is -2.27. The number of hydrogen-bond acceptors (Lipinski definition) is 3. The molecular formula is C12H17BrN2OS. The Hall–Kier alpha value is -0.390. The lowest BCUT2D eigenvalue weighted by atomic mass is 9.85. The van der Waals surface area contributed by atoms with E-state index in [1.165, 1.54) is 4.88 Å². The Balaban J connectivity index is 1.73. The molecule has 0 radical (unpaired) electrons. The van der Waals surface area contributed by atoms with Crippen molar-refractivity contribution in [3.8, 4) is 0 Å². The summed E-state index contributed by atoms with van der Waals surface area (Å²) in [6, 6.07) is 2.68. The van der Waals surface area contributed by atoms with E-state index in [1.54, 1.807) is 11.3 Å². The first-order valence-electron chi connectivity index (χ1n) is 5.91. The minimum Gasteiger partial charge on any atom is -0.369 e. The van der Waals surface area contributed by atoms with Crippen LogP contribution < -0.4 is 11.1 Å². The maximum Gasteiger partial charge on any atom is 0.220 e. The predicted molar refractivity (Wildman–Crippen MR) is 73.8 cm³/mol. The van der Waals surface area contributed by atoms with Gasteiger partial charge in [0.15, 0.2) is 0 Å². The second-order valence-electron chi connectivity index (χ2n) is 4.56. The first-order valence-corrected chi connectivity index (χ1v) is 7.58. The highest BCUT2D eigenvalue weighted by Crippen LogP contribution is 2.25. The molecule has 0 spiro atoms. The third-order valence-electron chi connectivity index (χ3n) is 3.32. The smallest absolute Gasteiger partial charge is 0.220 e. The van der Waals surface area contributed by atoms with Crippen molar-refractivity contribution in [3.63, 3.8) is 0 Å². The second-order valence-corrected chi connectivity index (χ2v) is 6.47. The molecular weight excluding hydrogens is 300 g/mol. The van der Waals surface area contributed by atoms with Gasteiger partial charge in [0.25, 0.3) is 0 Å². The minimum atomic E-state index is -0.134. The zero-order valence-corrected chi connectivity index (χ0v) is 12.0. The summed E-state index contributed by atoms with van der Waals surface area (Å²) < 4.78 is 1.15. The number of primary amides is 1. The van der Waals surface area contributed by atoms with E-state index in [2.05, 4.69) is 32.7 Å². The molecule has 1 fully saturated rings. The van der Waals surface area contributed by atoms with Crippen LogP contribution in [0.15, 0.2) is 15.9 Å². The van der Waals surface area contributed by atoms with E-state index in [-0.39, 0.29) is 11.8 Å². The Labute approximate surface area is 114 Å². The number of rotatable bonds is 4. The van der Waals surface area contributed by atoms with Gasteiger partial charge in [-0.2, -0.15) is 0 Å². The summed E-state index contributed by atoms with van der Waals surface area (Å²) in [6.45, 7) is 0.919. The normalized spacial score (nSPS) is 24.8. The first kappa shape index (κ1) is 13.1. The molecule has 0 atom stereocenters. The van der Waals surface area contributed by atoms with Crippen LogP contribution in [0.2, 0.25) is 0 Å². The summed E-state index contributed by atoms with van der Waals surface area (Å²) in [5, 5.41) is 5.65. The topological polar surface area (TPSA) is 55.1 Å². The van der Waals surface area contributed by atoms with Gasteiger partial charge < -0.3 is 11.1 Å². The number of carbonyl (C=O) groups excluding carboxylic acids is 1. The standard InChI is InChI=1S/C12H17BrN2OS/c13-9-5-11(17-7-9)6-15-10-3-1-8(2-4-10)12(14)16/h5,7-8,10,15H,1-4,6H2,(H2,14,16). The summed E-state index contributed by atoms with van der Waals surface area (Å²) in [5.74, 6) is -0.0328. The van der Waals surface area contributed by atoms with E-state index in [9.17, 15) is 4.79 Å². The van der Waals surface area contributed by atoms with Gasteiger partial charge in [-0.3, -0.25) is 4.79 Å². The lowest BCUT2D eigenvalue weighted by Crippen LogP contribution is -2.36. The molecule has 94 valence electrons. The summed E-state index contributed by atoms with van der Waals surface area (Å²) in [6.07, 6.45) is 3.97. The molecule has 0 unspecified atom stereocenters. The molecule has 5 heteroatoms. The maximum absolute atomic E-state index is 11.0. The summed E-state index contributed by atoms with van der Waals surface area (Å²) in [5.41, 5.74) is 5.32. The first-order chi connectivity index (χ1) is 8.15. The fourth-order valence-electron chi connectivity index (χ4n) is 2.27. The van der Waals surface area contributed by atoms with Crippen LogP contribution in [-0.4, -0.2) is 11.9 Å². The Kier molecular flexibility index (Phi) is 4.59. The largest absolute Gasteiger partial charge is 0.369 e. The molecule has 1 amide bonds. The van der Waals surface area contributed by atoms with Crippen LogP contribution >= 0.6 is 27.3 Å². The Bertz CT molecular complexity index is 386. The van der Waals surface area contributed by atoms with Gasteiger partial charge in [-0.05, 0) is 47.7 Å². The number of amides is 1. The van der Waals surface area contributed by atoms with Crippen LogP contribution in [0.25, 0.3) is 0 Å². The highest BCUT2D eigenvalue weighted by atomic mass is 79.9. The summed E-state index contributed by atoms with van der Waals surface area (Å²) in [7, 11) is 0. The van der Waals surface area contributed by atoms with Gasteiger partial charge in [-0.25, -0.2) is 0 Å². The molecule has 1 heterocycles. The van der Waals surface area contributed by atoms with Crippen molar-refractivity contribution in [3.05, 3.63) is 20.8 Å². The van der Waals surface area contributed by atoms with Gasteiger partial charge in [-0.1, -0.05) is 0 Å². The van der Waals surface area contributed by atoms with E-state index >= 15 is 0 Å². The van der Waals surface area contributed by atoms with E-state index < -0.39 is 0 Å². The van der Waals surface area contributed by atoms with Crippen LogP contribution in [0.3, 0.4) is 0 Å². The third-order valence-corrected chi connectivity index (χ3v) is 5.01. The molecule has 0 saturated heterocycles. The number of hydrogen-bond donors (Lipinski definition) is 2. The molecule has 3 N–H and O–H groups in total. The Morgan fingerprint density at radius 1 is 1.47 bits per heavy atom. The Morgan fingerprint density at radius 3 is 2.71 bits per heavy atom. The number of thiophene rings is 1. The number of halogens is 1. The number of carbonyl (C=O) groups is 1. The molecule has 1 aliphatic rings. The zero-order valence-electron chi connectivity index (χ0n) is 9.62. The zero-order chi connectivity index (χ0) is 12.3. The van der Waals surface area contributed by atoms with Gasteiger partial charge in [0.1, 0.15) is 0 Å². The van der Waals surface area contributed by atoms with E-state index in [1.807, 2.05) is 0 Å². The minimum absolute atomic E-state index is 0.101. The molecule has 1 saturated carbocycles. The third kappa shape index (κ3) is 3.79.